The summed E-state index contributed by atoms with van der Waals surface area (Å²) in [6, 6.07) is -0.954. The molecule has 2 atom stereocenters. The summed E-state index contributed by atoms with van der Waals surface area (Å²) in [5.74, 6) is -0.940. The third-order valence-electron chi connectivity index (χ3n) is 3.73. The van der Waals surface area contributed by atoms with Crippen molar-refractivity contribution >= 4 is 12.0 Å². The normalized spacial score (nSPS) is 32.7. The molecule has 0 saturated carbocycles. The van der Waals surface area contributed by atoms with Crippen LogP contribution in [0.15, 0.2) is 0 Å². The Morgan fingerprint density at radius 1 is 1.28 bits per heavy atom. The van der Waals surface area contributed by atoms with Gasteiger partial charge in [-0.2, -0.15) is 0 Å². The Morgan fingerprint density at radius 3 is 2.61 bits per heavy atom. The molecule has 0 bridgehead atoms. The minimum absolute atomic E-state index is 0.250. The Morgan fingerprint density at radius 2 is 2.00 bits per heavy atom. The Hall–Kier alpha value is -1.30. The van der Waals surface area contributed by atoms with E-state index < -0.39 is 17.6 Å². The van der Waals surface area contributed by atoms with E-state index in [0.29, 0.717) is 25.9 Å². The number of aliphatic hydroxyl groups is 1. The first-order valence-electron chi connectivity index (χ1n) is 6.41. The van der Waals surface area contributed by atoms with Gasteiger partial charge in [-0.25, -0.2) is 9.59 Å². The van der Waals surface area contributed by atoms with Crippen molar-refractivity contribution in [3.8, 4) is 0 Å². The number of amides is 2. The van der Waals surface area contributed by atoms with Gasteiger partial charge in [-0.1, -0.05) is 0 Å². The van der Waals surface area contributed by atoms with Gasteiger partial charge in [0.2, 0.25) is 0 Å². The SMILES string of the molecule is CC1(O)CCCN(C(=O)N2CCC[C@H]2C(=O)O)C1. The highest BCUT2D eigenvalue weighted by Gasteiger charge is 2.39. The molecule has 2 heterocycles. The minimum atomic E-state index is -0.940. The molecule has 0 aromatic carbocycles. The van der Waals surface area contributed by atoms with E-state index in [2.05, 4.69) is 0 Å². The van der Waals surface area contributed by atoms with Crippen LogP contribution in [0.4, 0.5) is 4.79 Å². The van der Waals surface area contributed by atoms with Crippen LogP contribution in [0.2, 0.25) is 0 Å². The van der Waals surface area contributed by atoms with E-state index in [1.54, 1.807) is 11.8 Å². The molecule has 1 unspecified atom stereocenters. The van der Waals surface area contributed by atoms with Crippen LogP contribution in [0.25, 0.3) is 0 Å². The molecule has 2 saturated heterocycles. The standard InChI is InChI=1S/C12H20N2O4/c1-12(18)5-3-6-13(8-12)11(17)14-7-2-4-9(14)10(15)16/h9,18H,2-8H2,1H3,(H,15,16)/t9-,12?/m0/s1. The second-order valence-corrected chi connectivity index (χ2v) is 5.49. The van der Waals surface area contributed by atoms with Crippen molar-refractivity contribution in [2.45, 2.75) is 44.2 Å². The molecule has 2 amide bonds. The number of carboxylic acids is 1. The molecule has 6 heteroatoms. The summed E-state index contributed by atoms with van der Waals surface area (Å²) in [5, 5.41) is 19.1. The number of carbonyl (C=O) groups excluding carboxylic acids is 1. The van der Waals surface area contributed by atoms with Gasteiger partial charge in [0.05, 0.1) is 12.1 Å². The minimum Gasteiger partial charge on any atom is -0.480 e. The molecule has 0 spiro atoms. The van der Waals surface area contributed by atoms with Crippen molar-refractivity contribution in [1.29, 1.82) is 0 Å². The van der Waals surface area contributed by atoms with E-state index in [1.807, 2.05) is 0 Å². The lowest BCUT2D eigenvalue weighted by atomic mass is 9.95. The molecule has 18 heavy (non-hydrogen) atoms. The van der Waals surface area contributed by atoms with Gasteiger partial charge in [-0.15, -0.1) is 0 Å². The third kappa shape index (κ3) is 2.58. The largest absolute Gasteiger partial charge is 0.480 e. The summed E-state index contributed by atoms with van der Waals surface area (Å²) in [5.41, 5.74) is -0.855. The van der Waals surface area contributed by atoms with E-state index in [9.17, 15) is 14.7 Å². The number of urea groups is 1. The van der Waals surface area contributed by atoms with Gasteiger partial charge in [0.25, 0.3) is 0 Å². The highest BCUT2D eigenvalue weighted by Crippen LogP contribution is 2.24. The molecule has 0 aromatic heterocycles. The summed E-state index contributed by atoms with van der Waals surface area (Å²) < 4.78 is 0. The van der Waals surface area contributed by atoms with E-state index in [1.165, 1.54) is 4.90 Å². The third-order valence-corrected chi connectivity index (χ3v) is 3.73. The molecular formula is C12H20N2O4. The van der Waals surface area contributed by atoms with Crippen molar-refractivity contribution < 1.29 is 19.8 Å². The monoisotopic (exact) mass is 256 g/mol. The molecule has 0 aliphatic carbocycles. The summed E-state index contributed by atoms with van der Waals surface area (Å²) >= 11 is 0. The van der Waals surface area contributed by atoms with Crippen molar-refractivity contribution in [3.05, 3.63) is 0 Å². The molecule has 2 aliphatic heterocycles. The summed E-state index contributed by atoms with van der Waals surface area (Å²) in [6.45, 7) is 3.09. The Balaban J connectivity index is 2.04. The van der Waals surface area contributed by atoms with Crippen LogP contribution in [-0.2, 0) is 4.79 Å². The number of rotatable bonds is 1. The average Bonchev–Trinajstić information content (AvgIpc) is 2.75. The van der Waals surface area contributed by atoms with Gasteiger partial charge in [0.1, 0.15) is 6.04 Å². The summed E-state index contributed by atoms with van der Waals surface area (Å²) in [4.78, 5) is 26.3. The molecule has 0 radical (unpaired) electrons. The number of carbonyl (C=O) groups is 2. The van der Waals surface area contributed by atoms with E-state index in [4.69, 9.17) is 5.11 Å². The number of hydrogen-bond acceptors (Lipinski definition) is 3. The average molecular weight is 256 g/mol. The van der Waals surface area contributed by atoms with Crippen molar-refractivity contribution in [3.63, 3.8) is 0 Å². The van der Waals surface area contributed by atoms with Gasteiger partial charge < -0.3 is 20.0 Å². The fraction of sp³-hybridized carbons (Fsp3) is 0.833. The van der Waals surface area contributed by atoms with Gasteiger partial charge >= 0.3 is 12.0 Å². The zero-order chi connectivity index (χ0) is 13.3. The number of β-amino-alcohol motifs (C(OH)–C–C–N with tert-alkyl or cyclic N) is 1. The lowest BCUT2D eigenvalue weighted by molar-refractivity contribution is -0.141. The number of likely N-dealkylation sites (tertiary alicyclic amines) is 2. The van der Waals surface area contributed by atoms with Crippen molar-refractivity contribution in [1.82, 2.24) is 9.80 Å². The predicted molar refractivity (Wildman–Crippen MR) is 64.2 cm³/mol. The van der Waals surface area contributed by atoms with E-state index in [-0.39, 0.29) is 12.6 Å². The molecule has 2 fully saturated rings. The molecule has 2 aliphatic rings. The Labute approximate surface area is 106 Å². The first-order chi connectivity index (χ1) is 8.41. The fourth-order valence-electron chi connectivity index (χ4n) is 2.82. The molecule has 2 N–H and O–H groups in total. The van der Waals surface area contributed by atoms with E-state index in [0.717, 1.165) is 12.8 Å². The zero-order valence-corrected chi connectivity index (χ0v) is 10.6. The van der Waals surface area contributed by atoms with Gasteiger partial charge in [0, 0.05) is 13.1 Å². The van der Waals surface area contributed by atoms with Crippen LogP contribution < -0.4 is 0 Å². The van der Waals surface area contributed by atoms with Crippen molar-refractivity contribution in [2.24, 2.45) is 0 Å². The summed E-state index contributed by atoms with van der Waals surface area (Å²) in [6.07, 6.45) is 2.68. The molecule has 0 aromatic rings. The molecular weight excluding hydrogens is 236 g/mol. The topological polar surface area (TPSA) is 81.1 Å². The number of aliphatic carboxylic acids is 1. The van der Waals surface area contributed by atoms with Crippen LogP contribution >= 0.6 is 0 Å². The molecule has 2 rings (SSSR count). The first-order valence-corrected chi connectivity index (χ1v) is 6.41. The zero-order valence-electron chi connectivity index (χ0n) is 10.6. The van der Waals surface area contributed by atoms with Crippen molar-refractivity contribution in [2.75, 3.05) is 19.6 Å². The number of hydrogen-bond donors (Lipinski definition) is 2. The maximum atomic E-state index is 12.3. The highest BCUT2D eigenvalue weighted by atomic mass is 16.4. The van der Waals surface area contributed by atoms with Gasteiger partial charge in [-0.05, 0) is 32.6 Å². The Kier molecular flexibility index (Phi) is 3.47. The van der Waals surface area contributed by atoms with Crippen LogP contribution in [0, 0.1) is 0 Å². The van der Waals surface area contributed by atoms with E-state index >= 15 is 0 Å². The maximum Gasteiger partial charge on any atom is 0.326 e. The molecule has 102 valence electrons. The van der Waals surface area contributed by atoms with Crippen LogP contribution in [-0.4, -0.2) is 63.3 Å². The maximum absolute atomic E-state index is 12.3. The predicted octanol–water partition coefficient (Wildman–Crippen LogP) is 0.502. The number of carboxylic acid groups (broad SMARTS) is 1. The fourth-order valence-corrected chi connectivity index (χ4v) is 2.82. The van der Waals surface area contributed by atoms with Crippen LogP contribution in [0.5, 0.6) is 0 Å². The lowest BCUT2D eigenvalue weighted by Crippen LogP contribution is -2.54. The quantitative estimate of drug-likeness (QED) is 0.716. The number of piperidine rings is 1. The second kappa shape index (κ2) is 4.76. The lowest BCUT2D eigenvalue weighted by Gasteiger charge is -2.39. The van der Waals surface area contributed by atoms with Crippen LogP contribution in [0.3, 0.4) is 0 Å². The number of nitrogens with zero attached hydrogens (tertiary/aromatic N) is 2. The summed E-state index contributed by atoms with van der Waals surface area (Å²) in [7, 11) is 0. The highest BCUT2D eigenvalue weighted by molar-refractivity contribution is 5.83. The Bertz CT molecular complexity index is 356. The van der Waals surface area contributed by atoms with Gasteiger partial charge in [-0.3, -0.25) is 0 Å². The molecule has 6 nitrogen and oxygen atoms in total. The smallest absolute Gasteiger partial charge is 0.326 e. The van der Waals surface area contributed by atoms with Crippen LogP contribution in [0.1, 0.15) is 32.6 Å². The van der Waals surface area contributed by atoms with Gasteiger partial charge in [0.15, 0.2) is 0 Å². The second-order valence-electron chi connectivity index (χ2n) is 5.49. The first kappa shape index (κ1) is 13.1.